The minimum absolute atomic E-state index is 0.0150. The average Bonchev–Trinajstić information content (AvgIpc) is 3.21. The second-order valence-electron chi connectivity index (χ2n) is 6.67. The maximum absolute atomic E-state index is 12.7. The lowest BCUT2D eigenvalue weighted by Crippen LogP contribution is -2.51. The van der Waals surface area contributed by atoms with Crippen molar-refractivity contribution in [2.45, 2.75) is 38.1 Å². The Kier molecular flexibility index (Phi) is 4.71. The Bertz CT molecular complexity index is 929. The number of nitrogens with zero attached hydrogens (tertiary/aromatic N) is 1. The van der Waals surface area contributed by atoms with Crippen molar-refractivity contribution >= 4 is 33.2 Å². The third-order valence-electron chi connectivity index (χ3n) is 4.92. The average molecular weight is 431 g/mol. The molecule has 1 amide bonds. The number of halogens is 1. The molecule has 4 nitrogen and oxygen atoms in total. The molecule has 1 aliphatic carbocycles. The fraction of sp³-hybridized carbons (Fsp3) is 0.300. The number of carbonyl (C=O) groups excluding carboxylic acids is 1. The number of hydrogen-bond donors (Lipinski definition) is 1. The largest absolute Gasteiger partial charge is 0.440 e. The zero-order chi connectivity index (χ0) is 18.1. The van der Waals surface area contributed by atoms with Crippen molar-refractivity contribution < 1.29 is 9.21 Å². The van der Waals surface area contributed by atoms with Gasteiger partial charge < -0.3 is 9.73 Å². The van der Waals surface area contributed by atoms with Gasteiger partial charge in [0.15, 0.2) is 0 Å². The van der Waals surface area contributed by atoms with Crippen molar-refractivity contribution in [1.29, 1.82) is 0 Å². The number of benzene rings is 1. The molecule has 1 N–H and O–H groups in total. The van der Waals surface area contributed by atoms with E-state index in [-0.39, 0.29) is 17.9 Å². The summed E-state index contributed by atoms with van der Waals surface area (Å²) in [6, 6.07) is 12.1. The Morgan fingerprint density at radius 1 is 1.35 bits per heavy atom. The molecule has 1 saturated carbocycles. The van der Waals surface area contributed by atoms with E-state index in [1.165, 1.54) is 0 Å². The van der Waals surface area contributed by atoms with E-state index < -0.39 is 0 Å². The van der Waals surface area contributed by atoms with Crippen LogP contribution in [-0.2, 0) is 16.8 Å². The van der Waals surface area contributed by atoms with Crippen LogP contribution < -0.4 is 5.32 Å². The molecule has 3 aromatic rings. The van der Waals surface area contributed by atoms with E-state index in [2.05, 4.69) is 38.4 Å². The summed E-state index contributed by atoms with van der Waals surface area (Å²) >= 11 is 5.10. The monoisotopic (exact) mass is 430 g/mol. The Morgan fingerprint density at radius 2 is 2.19 bits per heavy atom. The molecule has 2 aromatic heterocycles. The molecule has 26 heavy (non-hydrogen) atoms. The van der Waals surface area contributed by atoms with Gasteiger partial charge in [0, 0.05) is 4.47 Å². The molecule has 0 saturated heterocycles. The van der Waals surface area contributed by atoms with Gasteiger partial charge in [-0.15, -0.1) is 11.3 Å². The second kappa shape index (κ2) is 7.00. The van der Waals surface area contributed by atoms with Crippen molar-refractivity contribution in [3.8, 4) is 10.8 Å². The molecule has 0 unspecified atom stereocenters. The predicted molar refractivity (Wildman–Crippen MR) is 106 cm³/mol. The lowest BCUT2D eigenvalue weighted by atomic mass is 9.71. The van der Waals surface area contributed by atoms with Crippen LogP contribution in [0.15, 0.2) is 50.7 Å². The lowest BCUT2D eigenvalue weighted by Gasteiger charge is -2.43. The zero-order valence-electron chi connectivity index (χ0n) is 14.4. The molecule has 0 aliphatic heterocycles. The first-order valence-corrected chi connectivity index (χ1v) is 10.3. The predicted octanol–water partition coefficient (Wildman–Crippen LogP) is 5.21. The highest BCUT2D eigenvalue weighted by Gasteiger charge is 2.40. The molecule has 0 atom stereocenters. The zero-order valence-corrected chi connectivity index (χ0v) is 16.8. The maximum atomic E-state index is 12.7. The van der Waals surface area contributed by atoms with Crippen LogP contribution in [-0.4, -0.2) is 10.9 Å². The van der Waals surface area contributed by atoms with E-state index in [0.717, 1.165) is 34.2 Å². The lowest BCUT2D eigenvalue weighted by molar-refractivity contribution is -0.123. The number of amides is 1. The summed E-state index contributed by atoms with van der Waals surface area (Å²) < 4.78 is 6.77. The second-order valence-corrected chi connectivity index (χ2v) is 8.53. The first-order valence-electron chi connectivity index (χ1n) is 8.63. The standard InChI is InChI=1S/C20H19BrN2O2S/c1-13-16(22-19(25-13)17-7-3-10-26-17)12-18(24)23-20(8-4-9-20)14-5-2-6-15(21)11-14/h2-3,5-7,10-11H,4,8-9,12H2,1H3,(H,23,24). The van der Waals surface area contributed by atoms with E-state index in [1.807, 2.05) is 36.6 Å². The Labute approximate surface area is 164 Å². The van der Waals surface area contributed by atoms with Gasteiger partial charge >= 0.3 is 0 Å². The highest BCUT2D eigenvalue weighted by Crippen LogP contribution is 2.42. The molecule has 0 spiro atoms. The molecule has 4 rings (SSSR count). The number of nitrogens with one attached hydrogen (secondary N) is 1. The minimum Gasteiger partial charge on any atom is -0.440 e. The summed E-state index contributed by atoms with van der Waals surface area (Å²) in [5.41, 5.74) is 1.60. The first kappa shape index (κ1) is 17.5. The third kappa shape index (κ3) is 3.35. The SMILES string of the molecule is Cc1oc(-c2cccs2)nc1CC(=O)NC1(c2cccc(Br)c2)CCC1. The molecule has 1 fully saturated rings. The van der Waals surface area contributed by atoms with Gasteiger partial charge in [0.1, 0.15) is 5.76 Å². The number of aryl methyl sites for hydroxylation is 1. The van der Waals surface area contributed by atoms with Crippen LogP contribution in [0.4, 0.5) is 0 Å². The van der Waals surface area contributed by atoms with Crippen LogP contribution in [0.3, 0.4) is 0 Å². The Morgan fingerprint density at radius 3 is 2.85 bits per heavy atom. The van der Waals surface area contributed by atoms with E-state index in [9.17, 15) is 4.79 Å². The smallest absolute Gasteiger partial charge is 0.236 e. The van der Waals surface area contributed by atoms with E-state index in [4.69, 9.17) is 4.42 Å². The van der Waals surface area contributed by atoms with E-state index >= 15 is 0 Å². The molecule has 1 aromatic carbocycles. The van der Waals surface area contributed by atoms with Gasteiger partial charge in [-0.2, -0.15) is 0 Å². The van der Waals surface area contributed by atoms with Crippen molar-refractivity contribution in [2.24, 2.45) is 0 Å². The van der Waals surface area contributed by atoms with Crippen LogP contribution >= 0.6 is 27.3 Å². The van der Waals surface area contributed by atoms with Gasteiger partial charge in [0.05, 0.1) is 22.5 Å². The van der Waals surface area contributed by atoms with Gasteiger partial charge in [-0.1, -0.05) is 34.1 Å². The third-order valence-corrected chi connectivity index (χ3v) is 6.27. The number of oxazole rings is 1. The van der Waals surface area contributed by atoms with Crippen molar-refractivity contribution in [3.63, 3.8) is 0 Å². The van der Waals surface area contributed by atoms with Gasteiger partial charge in [-0.3, -0.25) is 4.79 Å². The summed E-state index contributed by atoms with van der Waals surface area (Å²) in [4.78, 5) is 18.2. The maximum Gasteiger partial charge on any atom is 0.236 e. The highest BCUT2D eigenvalue weighted by molar-refractivity contribution is 9.10. The van der Waals surface area contributed by atoms with Crippen LogP contribution in [0.25, 0.3) is 10.8 Å². The summed E-state index contributed by atoms with van der Waals surface area (Å²) in [5.74, 6) is 1.28. The Hall–Kier alpha value is -1.92. The van der Waals surface area contributed by atoms with Gasteiger partial charge in [-0.25, -0.2) is 4.98 Å². The molecular formula is C20H19BrN2O2S. The van der Waals surface area contributed by atoms with Crippen molar-refractivity contribution in [3.05, 3.63) is 63.3 Å². The topological polar surface area (TPSA) is 55.1 Å². The fourth-order valence-electron chi connectivity index (χ4n) is 3.36. The van der Waals surface area contributed by atoms with E-state index in [1.54, 1.807) is 11.3 Å². The molecule has 134 valence electrons. The van der Waals surface area contributed by atoms with E-state index in [0.29, 0.717) is 17.3 Å². The summed E-state index contributed by atoms with van der Waals surface area (Å²) in [7, 11) is 0. The van der Waals surface area contributed by atoms with Gasteiger partial charge in [0.25, 0.3) is 0 Å². The number of carbonyl (C=O) groups is 1. The molecule has 0 radical (unpaired) electrons. The van der Waals surface area contributed by atoms with Crippen molar-refractivity contribution in [2.75, 3.05) is 0 Å². The summed E-state index contributed by atoms with van der Waals surface area (Å²) in [5, 5.41) is 5.24. The minimum atomic E-state index is -0.255. The quantitative estimate of drug-likeness (QED) is 0.603. The molecule has 0 bridgehead atoms. The van der Waals surface area contributed by atoms with Crippen molar-refractivity contribution in [1.82, 2.24) is 10.3 Å². The van der Waals surface area contributed by atoms with Gasteiger partial charge in [-0.05, 0) is 55.3 Å². The number of rotatable bonds is 5. The highest BCUT2D eigenvalue weighted by atomic mass is 79.9. The van der Waals surface area contributed by atoms with Crippen LogP contribution in [0.5, 0.6) is 0 Å². The normalized spacial score (nSPS) is 15.5. The molecular weight excluding hydrogens is 412 g/mol. The molecule has 2 heterocycles. The summed E-state index contributed by atoms with van der Waals surface area (Å²) in [6.07, 6.45) is 3.29. The van der Waals surface area contributed by atoms with Crippen LogP contribution in [0, 0.1) is 6.92 Å². The Balaban J connectivity index is 1.50. The number of hydrogen-bond acceptors (Lipinski definition) is 4. The first-order chi connectivity index (χ1) is 12.6. The number of aromatic nitrogens is 1. The molecule has 1 aliphatic rings. The van der Waals surface area contributed by atoms with Gasteiger partial charge in [0.2, 0.25) is 11.8 Å². The number of thiophene rings is 1. The fourth-order valence-corrected chi connectivity index (χ4v) is 4.41. The van der Waals surface area contributed by atoms with Crippen LogP contribution in [0.2, 0.25) is 0 Å². The molecule has 6 heteroatoms. The van der Waals surface area contributed by atoms with Crippen LogP contribution in [0.1, 0.15) is 36.3 Å². The summed E-state index contributed by atoms with van der Waals surface area (Å²) in [6.45, 7) is 1.86.